The highest BCUT2D eigenvalue weighted by Gasteiger charge is 2.17. The van der Waals surface area contributed by atoms with E-state index in [0.29, 0.717) is 16.5 Å². The minimum atomic E-state index is -0.965. The Morgan fingerprint density at radius 1 is 1.41 bits per heavy atom. The number of fused-ring (bicyclic) bond motifs is 1. The summed E-state index contributed by atoms with van der Waals surface area (Å²) in [6, 6.07) is 5.22. The summed E-state index contributed by atoms with van der Waals surface area (Å²) in [6.45, 7) is 0. The highest BCUT2D eigenvalue weighted by Crippen LogP contribution is 2.24. The summed E-state index contributed by atoms with van der Waals surface area (Å²) in [5.74, 6) is 0. The molecular weight excluding hydrogens is 286 g/mol. The van der Waals surface area contributed by atoms with E-state index in [1.165, 1.54) is 0 Å². The van der Waals surface area contributed by atoms with Crippen molar-refractivity contribution in [3.63, 3.8) is 0 Å². The highest BCUT2D eigenvalue weighted by molar-refractivity contribution is 9.09. The molecule has 0 saturated heterocycles. The van der Waals surface area contributed by atoms with E-state index in [1.807, 2.05) is 0 Å². The van der Waals surface area contributed by atoms with Gasteiger partial charge in [0.15, 0.2) is 6.29 Å². The number of aldehydes is 1. The van der Waals surface area contributed by atoms with Crippen LogP contribution < -0.4 is 0 Å². The van der Waals surface area contributed by atoms with Crippen molar-refractivity contribution in [2.24, 2.45) is 0 Å². The van der Waals surface area contributed by atoms with Crippen molar-refractivity contribution in [2.75, 3.05) is 5.33 Å². The number of hydrogen-bond donors (Lipinski definition) is 3. The van der Waals surface area contributed by atoms with E-state index >= 15 is 0 Å². The van der Waals surface area contributed by atoms with Gasteiger partial charge in [-0.2, -0.15) is 0 Å². The normalized spacial score (nSPS) is 14.8. The van der Waals surface area contributed by atoms with Crippen molar-refractivity contribution in [3.05, 3.63) is 35.5 Å². The Hall–Kier alpha value is -1.17. The smallest absolute Gasteiger partial charge is 0.152 e. The van der Waals surface area contributed by atoms with Crippen LogP contribution in [0.4, 0.5) is 0 Å². The van der Waals surface area contributed by atoms with Crippen LogP contribution in [0.25, 0.3) is 10.9 Å². The van der Waals surface area contributed by atoms with Gasteiger partial charge < -0.3 is 15.2 Å². The van der Waals surface area contributed by atoms with Gasteiger partial charge in [-0.1, -0.05) is 22.0 Å². The van der Waals surface area contributed by atoms with Gasteiger partial charge in [0.05, 0.1) is 6.10 Å². The quantitative estimate of drug-likeness (QED) is 0.595. The molecular formula is C12H12BrNO3. The van der Waals surface area contributed by atoms with E-state index in [2.05, 4.69) is 20.9 Å². The number of aromatic amines is 1. The van der Waals surface area contributed by atoms with Crippen LogP contribution in [0.1, 0.15) is 22.0 Å². The topological polar surface area (TPSA) is 73.3 Å². The average Bonchev–Trinajstić information content (AvgIpc) is 2.78. The molecule has 2 atom stereocenters. The van der Waals surface area contributed by atoms with Crippen LogP contribution in [0.5, 0.6) is 0 Å². The van der Waals surface area contributed by atoms with Crippen LogP contribution in [-0.2, 0) is 0 Å². The van der Waals surface area contributed by atoms with Crippen molar-refractivity contribution < 1.29 is 15.0 Å². The Morgan fingerprint density at radius 3 is 2.82 bits per heavy atom. The highest BCUT2D eigenvalue weighted by atomic mass is 79.9. The van der Waals surface area contributed by atoms with Crippen molar-refractivity contribution in [1.82, 2.24) is 4.98 Å². The third kappa shape index (κ3) is 2.26. The van der Waals surface area contributed by atoms with Crippen molar-refractivity contribution >= 4 is 33.1 Å². The lowest BCUT2D eigenvalue weighted by atomic mass is 10.0. The minimum absolute atomic E-state index is 0.292. The summed E-state index contributed by atoms with van der Waals surface area (Å²) in [5.41, 5.74) is 1.96. The Kier molecular flexibility index (Phi) is 3.61. The predicted octanol–water partition coefficient (Wildman–Crippen LogP) is 1.77. The summed E-state index contributed by atoms with van der Waals surface area (Å²) >= 11 is 3.11. The number of carbonyl (C=O) groups excluding carboxylic acids is 1. The molecule has 0 bridgehead atoms. The van der Waals surface area contributed by atoms with Crippen molar-refractivity contribution in [1.29, 1.82) is 0 Å². The predicted molar refractivity (Wildman–Crippen MR) is 68.4 cm³/mol. The molecule has 0 saturated carbocycles. The zero-order valence-corrected chi connectivity index (χ0v) is 10.5. The second-order valence-corrected chi connectivity index (χ2v) is 4.48. The van der Waals surface area contributed by atoms with Gasteiger partial charge in [0, 0.05) is 28.0 Å². The first-order valence-corrected chi connectivity index (χ1v) is 6.28. The molecule has 0 aliphatic carbocycles. The number of aliphatic hydroxyl groups excluding tert-OH is 2. The largest absolute Gasteiger partial charge is 0.389 e. The Balaban J connectivity index is 2.45. The first-order chi connectivity index (χ1) is 8.17. The summed E-state index contributed by atoms with van der Waals surface area (Å²) in [7, 11) is 0. The van der Waals surface area contributed by atoms with Crippen LogP contribution in [-0.4, -0.2) is 32.9 Å². The number of hydrogen-bond acceptors (Lipinski definition) is 3. The number of halogens is 1. The summed E-state index contributed by atoms with van der Waals surface area (Å²) in [6.07, 6.45) is 0.546. The third-order valence-corrected chi connectivity index (χ3v) is 3.39. The molecule has 90 valence electrons. The summed E-state index contributed by atoms with van der Waals surface area (Å²) in [4.78, 5) is 13.8. The van der Waals surface area contributed by atoms with Gasteiger partial charge in [0.2, 0.25) is 0 Å². The number of aliphatic hydroxyl groups is 2. The molecule has 1 heterocycles. The second-order valence-electron chi connectivity index (χ2n) is 3.83. The van der Waals surface area contributed by atoms with E-state index in [4.69, 9.17) is 0 Å². The molecule has 1 aromatic heterocycles. The molecule has 0 aliphatic heterocycles. The van der Waals surface area contributed by atoms with Crippen LogP contribution in [0.15, 0.2) is 24.4 Å². The molecule has 0 amide bonds. The number of aromatic nitrogens is 1. The maximum Gasteiger partial charge on any atom is 0.152 e. The average molecular weight is 298 g/mol. The maximum atomic E-state index is 10.8. The summed E-state index contributed by atoms with van der Waals surface area (Å²) in [5, 5.41) is 20.5. The zero-order chi connectivity index (χ0) is 12.4. The molecule has 0 fully saturated rings. The monoisotopic (exact) mass is 297 g/mol. The van der Waals surface area contributed by atoms with Gasteiger partial charge in [0.1, 0.15) is 6.10 Å². The SMILES string of the molecule is O=Cc1c[nH]c2ccc(C(O)C(O)CBr)cc12. The number of alkyl halides is 1. The molecule has 2 aromatic rings. The molecule has 0 aliphatic rings. The molecule has 4 nitrogen and oxygen atoms in total. The molecule has 2 unspecified atom stereocenters. The molecule has 1 aromatic carbocycles. The van der Waals surface area contributed by atoms with Crippen LogP contribution in [0.2, 0.25) is 0 Å². The number of nitrogens with one attached hydrogen (secondary N) is 1. The van der Waals surface area contributed by atoms with Gasteiger partial charge in [-0.25, -0.2) is 0 Å². The van der Waals surface area contributed by atoms with Crippen LogP contribution in [0, 0.1) is 0 Å². The molecule has 0 radical (unpaired) electrons. The van der Waals surface area contributed by atoms with E-state index < -0.39 is 12.2 Å². The van der Waals surface area contributed by atoms with Gasteiger partial charge in [-0.3, -0.25) is 4.79 Å². The fourth-order valence-corrected chi connectivity index (χ4v) is 2.10. The Morgan fingerprint density at radius 2 is 2.18 bits per heavy atom. The minimum Gasteiger partial charge on any atom is -0.389 e. The molecule has 0 spiro atoms. The lowest BCUT2D eigenvalue weighted by molar-refractivity contribution is 0.0343. The maximum absolute atomic E-state index is 10.8. The van der Waals surface area contributed by atoms with E-state index in [-0.39, 0.29) is 0 Å². The Bertz CT molecular complexity index is 538. The van der Waals surface area contributed by atoms with Gasteiger partial charge in [-0.05, 0) is 17.7 Å². The van der Waals surface area contributed by atoms with Crippen LogP contribution >= 0.6 is 15.9 Å². The first kappa shape index (κ1) is 12.3. The number of benzene rings is 1. The van der Waals surface area contributed by atoms with E-state index in [1.54, 1.807) is 24.4 Å². The molecule has 2 rings (SSSR count). The second kappa shape index (κ2) is 5.00. The lowest BCUT2D eigenvalue weighted by Crippen LogP contribution is -2.19. The standard InChI is InChI=1S/C12H12BrNO3/c13-4-11(16)12(17)7-1-2-10-9(3-7)8(6-15)5-14-10/h1-3,5-6,11-12,14,16-17H,4H2. The number of H-pyrrole nitrogens is 1. The first-order valence-electron chi connectivity index (χ1n) is 5.15. The van der Waals surface area contributed by atoms with Crippen molar-refractivity contribution in [3.8, 4) is 0 Å². The van der Waals surface area contributed by atoms with Gasteiger partial charge in [-0.15, -0.1) is 0 Å². The van der Waals surface area contributed by atoms with Gasteiger partial charge in [0.25, 0.3) is 0 Å². The zero-order valence-electron chi connectivity index (χ0n) is 8.93. The van der Waals surface area contributed by atoms with E-state index in [9.17, 15) is 15.0 Å². The lowest BCUT2D eigenvalue weighted by Gasteiger charge is -2.15. The molecule has 17 heavy (non-hydrogen) atoms. The summed E-state index contributed by atoms with van der Waals surface area (Å²) < 4.78 is 0. The van der Waals surface area contributed by atoms with Crippen LogP contribution in [0.3, 0.4) is 0 Å². The number of rotatable bonds is 4. The van der Waals surface area contributed by atoms with E-state index in [0.717, 1.165) is 17.2 Å². The van der Waals surface area contributed by atoms with Gasteiger partial charge >= 0.3 is 0 Å². The fourth-order valence-electron chi connectivity index (χ4n) is 1.75. The molecule has 5 heteroatoms. The fraction of sp³-hybridized carbons (Fsp3) is 0.250. The third-order valence-electron chi connectivity index (χ3n) is 2.73. The number of carbonyl (C=O) groups is 1. The molecule has 3 N–H and O–H groups in total. The Labute approximate surface area is 106 Å². The van der Waals surface area contributed by atoms with Crippen molar-refractivity contribution in [2.45, 2.75) is 12.2 Å².